The van der Waals surface area contributed by atoms with Crippen molar-refractivity contribution in [1.29, 1.82) is 0 Å². The summed E-state index contributed by atoms with van der Waals surface area (Å²) in [6.45, 7) is 0. The third-order valence-corrected chi connectivity index (χ3v) is 4.81. The van der Waals surface area contributed by atoms with Crippen molar-refractivity contribution in [3.8, 4) is 11.3 Å². The lowest BCUT2D eigenvalue weighted by Gasteiger charge is -2.03. The molecule has 24 heavy (non-hydrogen) atoms. The largest absolute Gasteiger partial charge is 0.270 e. The van der Waals surface area contributed by atoms with Crippen LogP contribution in [0.2, 0.25) is 0 Å². The monoisotopic (exact) mass is 401 g/mol. The van der Waals surface area contributed by atoms with Crippen molar-refractivity contribution in [1.82, 2.24) is 10.2 Å². The number of nitrogens with zero attached hydrogens (tertiary/aromatic N) is 3. The highest BCUT2D eigenvalue weighted by Gasteiger charge is 2.08. The SMILES string of the molecule is O=[N+]([O-])c1cccc(-c2ccc(SCc3ccc(Br)cc3)nn2)c1. The van der Waals surface area contributed by atoms with Crippen molar-refractivity contribution in [3.63, 3.8) is 0 Å². The number of rotatable bonds is 5. The Hall–Kier alpha value is -2.25. The van der Waals surface area contributed by atoms with E-state index in [0.717, 1.165) is 15.3 Å². The van der Waals surface area contributed by atoms with E-state index in [1.165, 1.54) is 17.7 Å². The highest BCUT2D eigenvalue weighted by atomic mass is 79.9. The fourth-order valence-corrected chi connectivity index (χ4v) is 3.10. The Bertz CT molecular complexity index is 854. The first-order valence-corrected chi connectivity index (χ1v) is 8.85. The highest BCUT2D eigenvalue weighted by molar-refractivity contribution is 9.10. The zero-order chi connectivity index (χ0) is 16.9. The maximum absolute atomic E-state index is 10.8. The zero-order valence-corrected chi connectivity index (χ0v) is 14.8. The molecule has 120 valence electrons. The predicted molar refractivity (Wildman–Crippen MR) is 97.8 cm³/mol. The molecule has 3 aromatic rings. The highest BCUT2D eigenvalue weighted by Crippen LogP contribution is 2.25. The number of non-ortho nitro benzene ring substituents is 1. The molecule has 0 amide bonds. The molecule has 0 atom stereocenters. The molecule has 0 fully saturated rings. The molecular formula is C17H12BrN3O2S. The molecule has 0 aliphatic carbocycles. The number of hydrogen-bond acceptors (Lipinski definition) is 5. The summed E-state index contributed by atoms with van der Waals surface area (Å²) in [5, 5.41) is 20.0. The summed E-state index contributed by atoms with van der Waals surface area (Å²) in [5.74, 6) is 0.804. The van der Waals surface area contributed by atoms with E-state index in [9.17, 15) is 10.1 Å². The Morgan fingerprint density at radius 1 is 1.04 bits per heavy atom. The Morgan fingerprint density at radius 3 is 2.50 bits per heavy atom. The second-order valence-electron chi connectivity index (χ2n) is 4.98. The molecule has 2 aromatic carbocycles. The number of thioether (sulfide) groups is 1. The molecular weight excluding hydrogens is 390 g/mol. The fourth-order valence-electron chi connectivity index (χ4n) is 2.07. The molecule has 0 N–H and O–H groups in total. The Kier molecular flexibility index (Phi) is 5.22. The summed E-state index contributed by atoms with van der Waals surface area (Å²) in [7, 11) is 0. The van der Waals surface area contributed by atoms with Gasteiger partial charge in [0.25, 0.3) is 5.69 Å². The van der Waals surface area contributed by atoms with Crippen LogP contribution in [0.5, 0.6) is 0 Å². The molecule has 0 saturated carbocycles. The lowest BCUT2D eigenvalue weighted by molar-refractivity contribution is -0.384. The van der Waals surface area contributed by atoms with Crippen LogP contribution in [-0.2, 0) is 5.75 Å². The number of nitro groups is 1. The number of hydrogen-bond donors (Lipinski definition) is 0. The van der Waals surface area contributed by atoms with Crippen molar-refractivity contribution < 1.29 is 4.92 Å². The molecule has 7 heteroatoms. The minimum absolute atomic E-state index is 0.0444. The van der Waals surface area contributed by atoms with Crippen LogP contribution in [0.25, 0.3) is 11.3 Å². The molecule has 0 unspecified atom stereocenters. The van der Waals surface area contributed by atoms with Gasteiger partial charge in [-0.15, -0.1) is 10.2 Å². The smallest absolute Gasteiger partial charge is 0.258 e. The fraction of sp³-hybridized carbons (Fsp3) is 0.0588. The molecule has 5 nitrogen and oxygen atoms in total. The van der Waals surface area contributed by atoms with Gasteiger partial charge in [-0.3, -0.25) is 10.1 Å². The van der Waals surface area contributed by atoms with Gasteiger partial charge in [0.05, 0.1) is 10.6 Å². The standard InChI is InChI=1S/C17H12BrN3O2S/c18-14-6-4-12(5-7-14)11-24-17-9-8-16(19-20-17)13-2-1-3-15(10-13)21(22)23/h1-10H,11H2. The molecule has 0 radical (unpaired) electrons. The van der Waals surface area contributed by atoms with E-state index in [4.69, 9.17) is 0 Å². The number of halogens is 1. The molecule has 0 aliphatic heterocycles. The van der Waals surface area contributed by atoms with Crippen LogP contribution in [0.4, 0.5) is 5.69 Å². The van der Waals surface area contributed by atoms with E-state index in [2.05, 4.69) is 38.3 Å². The van der Waals surface area contributed by atoms with Gasteiger partial charge in [-0.1, -0.05) is 52.0 Å². The maximum atomic E-state index is 10.8. The molecule has 1 heterocycles. The summed E-state index contributed by atoms with van der Waals surface area (Å²) in [5.41, 5.74) is 2.55. The Morgan fingerprint density at radius 2 is 1.83 bits per heavy atom. The molecule has 1 aromatic heterocycles. The van der Waals surface area contributed by atoms with E-state index in [1.807, 2.05) is 24.3 Å². The molecule has 0 aliphatic rings. The number of nitro benzene ring substituents is 1. The van der Waals surface area contributed by atoms with Gasteiger partial charge in [-0.05, 0) is 29.8 Å². The minimum atomic E-state index is -0.417. The van der Waals surface area contributed by atoms with E-state index < -0.39 is 4.92 Å². The summed E-state index contributed by atoms with van der Waals surface area (Å²) < 4.78 is 1.05. The first kappa shape index (κ1) is 16.6. The van der Waals surface area contributed by atoms with Gasteiger partial charge in [0.2, 0.25) is 0 Å². The lowest BCUT2D eigenvalue weighted by Crippen LogP contribution is -1.92. The van der Waals surface area contributed by atoms with Gasteiger partial charge in [0, 0.05) is 27.9 Å². The molecule has 0 bridgehead atoms. The average molecular weight is 402 g/mol. The third kappa shape index (κ3) is 4.18. The quantitative estimate of drug-likeness (QED) is 0.337. The van der Waals surface area contributed by atoms with Gasteiger partial charge < -0.3 is 0 Å². The zero-order valence-electron chi connectivity index (χ0n) is 12.4. The maximum Gasteiger partial charge on any atom is 0.270 e. The lowest BCUT2D eigenvalue weighted by atomic mass is 10.1. The van der Waals surface area contributed by atoms with E-state index in [0.29, 0.717) is 11.3 Å². The first-order chi connectivity index (χ1) is 11.6. The van der Waals surface area contributed by atoms with Crippen LogP contribution >= 0.6 is 27.7 Å². The predicted octanol–water partition coefficient (Wildman–Crippen LogP) is 5.11. The van der Waals surface area contributed by atoms with Crippen LogP contribution in [0.1, 0.15) is 5.56 Å². The number of aromatic nitrogens is 2. The van der Waals surface area contributed by atoms with Crippen molar-refractivity contribution in [2.45, 2.75) is 10.8 Å². The van der Waals surface area contributed by atoms with E-state index in [1.54, 1.807) is 23.9 Å². The second-order valence-corrected chi connectivity index (χ2v) is 6.89. The van der Waals surface area contributed by atoms with Crippen LogP contribution in [0, 0.1) is 10.1 Å². The summed E-state index contributed by atoms with van der Waals surface area (Å²) >= 11 is 5.01. The third-order valence-electron chi connectivity index (χ3n) is 3.29. The first-order valence-electron chi connectivity index (χ1n) is 7.07. The van der Waals surface area contributed by atoms with Gasteiger partial charge in [0.15, 0.2) is 0 Å². The van der Waals surface area contributed by atoms with Gasteiger partial charge in [0.1, 0.15) is 5.03 Å². The minimum Gasteiger partial charge on any atom is -0.258 e. The molecule has 0 spiro atoms. The Balaban J connectivity index is 1.70. The van der Waals surface area contributed by atoms with Gasteiger partial charge in [-0.2, -0.15) is 0 Å². The topological polar surface area (TPSA) is 68.9 Å². The van der Waals surface area contributed by atoms with Crippen molar-refractivity contribution in [2.75, 3.05) is 0 Å². The summed E-state index contributed by atoms with van der Waals surface area (Å²) in [6, 6.07) is 18.2. The van der Waals surface area contributed by atoms with Crippen LogP contribution in [-0.4, -0.2) is 15.1 Å². The van der Waals surface area contributed by atoms with E-state index >= 15 is 0 Å². The average Bonchev–Trinajstić information content (AvgIpc) is 2.62. The van der Waals surface area contributed by atoms with Crippen molar-refractivity contribution in [3.05, 3.63) is 80.8 Å². The van der Waals surface area contributed by atoms with Crippen LogP contribution < -0.4 is 0 Å². The number of benzene rings is 2. The summed E-state index contributed by atoms with van der Waals surface area (Å²) in [6.07, 6.45) is 0. The second kappa shape index (κ2) is 7.55. The molecule has 3 rings (SSSR count). The van der Waals surface area contributed by atoms with Gasteiger partial charge >= 0.3 is 0 Å². The van der Waals surface area contributed by atoms with Crippen LogP contribution in [0.3, 0.4) is 0 Å². The van der Waals surface area contributed by atoms with Crippen molar-refractivity contribution in [2.24, 2.45) is 0 Å². The Labute approximate surface area is 151 Å². The summed E-state index contributed by atoms with van der Waals surface area (Å²) in [4.78, 5) is 10.4. The van der Waals surface area contributed by atoms with Gasteiger partial charge in [-0.25, -0.2) is 0 Å². The van der Waals surface area contributed by atoms with E-state index in [-0.39, 0.29) is 5.69 Å². The van der Waals surface area contributed by atoms with Crippen LogP contribution in [0.15, 0.2) is 70.2 Å². The molecule has 0 saturated heterocycles. The normalized spacial score (nSPS) is 10.5. The van der Waals surface area contributed by atoms with Crippen molar-refractivity contribution >= 4 is 33.4 Å².